The second-order valence-corrected chi connectivity index (χ2v) is 6.66. The molecule has 104 valence electrons. The summed E-state index contributed by atoms with van der Waals surface area (Å²) in [5.74, 6) is 0.527. The molecule has 4 nitrogen and oxygen atoms in total. The van der Waals surface area contributed by atoms with Crippen LogP contribution >= 0.6 is 11.5 Å². The molecular weight excluding hydrogens is 258 g/mol. The number of nitrogens with one attached hydrogen (secondary N) is 1. The van der Waals surface area contributed by atoms with Gasteiger partial charge in [-0.25, -0.2) is 0 Å². The highest BCUT2D eigenvalue weighted by Crippen LogP contribution is 2.31. The van der Waals surface area contributed by atoms with Gasteiger partial charge < -0.3 is 5.32 Å². The third-order valence-electron chi connectivity index (χ3n) is 4.16. The van der Waals surface area contributed by atoms with Crippen molar-refractivity contribution >= 4 is 17.4 Å². The first-order valence-electron chi connectivity index (χ1n) is 7.18. The van der Waals surface area contributed by atoms with E-state index in [1.54, 1.807) is 0 Å². The van der Waals surface area contributed by atoms with Gasteiger partial charge in [-0.15, -0.1) is 0 Å². The maximum absolute atomic E-state index is 12.2. The fraction of sp³-hybridized carbons (Fsp3) is 0.714. The van der Waals surface area contributed by atoms with Crippen molar-refractivity contribution in [2.24, 2.45) is 5.92 Å². The van der Waals surface area contributed by atoms with E-state index < -0.39 is 0 Å². The number of carbonyl (C=O) groups is 1. The molecule has 1 aliphatic carbocycles. The first-order chi connectivity index (χ1) is 9.17. The molecule has 5 heteroatoms. The summed E-state index contributed by atoms with van der Waals surface area (Å²) < 4.78 is 4.24. The summed E-state index contributed by atoms with van der Waals surface area (Å²) in [6, 6.07) is 2.98. The number of hydrogen-bond acceptors (Lipinski definition) is 4. The summed E-state index contributed by atoms with van der Waals surface area (Å²) >= 11 is 1.43. The van der Waals surface area contributed by atoms with Crippen LogP contribution in [0.4, 0.5) is 0 Å². The molecule has 0 spiro atoms. The van der Waals surface area contributed by atoms with E-state index in [-0.39, 0.29) is 11.9 Å². The van der Waals surface area contributed by atoms with Crippen LogP contribution in [0.5, 0.6) is 0 Å². The van der Waals surface area contributed by atoms with Gasteiger partial charge in [0, 0.05) is 30.1 Å². The Bertz CT molecular complexity index is 469. The minimum absolute atomic E-state index is 0.00885. The molecule has 2 heterocycles. The number of amides is 1. The van der Waals surface area contributed by atoms with E-state index in [0.717, 1.165) is 25.6 Å². The monoisotopic (exact) mass is 279 g/mol. The Morgan fingerprint density at radius 1 is 1.53 bits per heavy atom. The van der Waals surface area contributed by atoms with Crippen molar-refractivity contribution in [1.82, 2.24) is 14.6 Å². The number of rotatable bonds is 4. The van der Waals surface area contributed by atoms with Crippen LogP contribution in [0.25, 0.3) is 0 Å². The van der Waals surface area contributed by atoms with E-state index in [9.17, 15) is 4.79 Å². The van der Waals surface area contributed by atoms with E-state index >= 15 is 0 Å². The molecule has 1 saturated carbocycles. The zero-order valence-corrected chi connectivity index (χ0v) is 12.4. The highest BCUT2D eigenvalue weighted by molar-refractivity contribution is 7.05. The molecule has 0 radical (unpaired) electrons. The van der Waals surface area contributed by atoms with Crippen LogP contribution in [0.1, 0.15) is 42.1 Å². The molecule has 1 aliphatic heterocycles. The van der Waals surface area contributed by atoms with Gasteiger partial charge in [-0.3, -0.25) is 9.69 Å². The Labute approximate surface area is 118 Å². The number of aryl methyl sites for hydroxylation is 1. The Morgan fingerprint density at radius 2 is 2.32 bits per heavy atom. The topological polar surface area (TPSA) is 45.2 Å². The fourth-order valence-electron chi connectivity index (χ4n) is 2.76. The van der Waals surface area contributed by atoms with Crippen LogP contribution in [0.3, 0.4) is 0 Å². The van der Waals surface area contributed by atoms with E-state index in [2.05, 4.69) is 28.4 Å². The SMILES string of the molecule is CCc1cc(C(=O)N[C@@H]2CN(C3CC3)C[C@H]2C)ns1. The molecule has 0 aromatic carbocycles. The van der Waals surface area contributed by atoms with Crippen LogP contribution in [-0.4, -0.2) is 40.4 Å². The fourth-order valence-corrected chi connectivity index (χ4v) is 3.40. The van der Waals surface area contributed by atoms with Gasteiger partial charge >= 0.3 is 0 Å². The first kappa shape index (κ1) is 13.1. The highest BCUT2D eigenvalue weighted by Gasteiger charge is 2.38. The lowest BCUT2D eigenvalue weighted by Gasteiger charge is -2.16. The number of likely N-dealkylation sites (tertiary alicyclic amines) is 1. The summed E-state index contributed by atoms with van der Waals surface area (Å²) in [6.45, 7) is 6.43. The van der Waals surface area contributed by atoms with Crippen molar-refractivity contribution in [2.45, 2.75) is 45.2 Å². The van der Waals surface area contributed by atoms with Crippen molar-refractivity contribution in [3.8, 4) is 0 Å². The molecule has 1 aromatic rings. The highest BCUT2D eigenvalue weighted by atomic mass is 32.1. The lowest BCUT2D eigenvalue weighted by atomic mass is 10.1. The summed E-state index contributed by atoms with van der Waals surface area (Å²) in [5, 5.41) is 3.16. The van der Waals surface area contributed by atoms with Crippen molar-refractivity contribution in [3.05, 3.63) is 16.6 Å². The quantitative estimate of drug-likeness (QED) is 0.916. The molecule has 19 heavy (non-hydrogen) atoms. The lowest BCUT2D eigenvalue weighted by molar-refractivity contribution is 0.0927. The number of nitrogens with zero attached hydrogens (tertiary/aromatic N) is 2. The van der Waals surface area contributed by atoms with Crippen molar-refractivity contribution in [3.63, 3.8) is 0 Å². The smallest absolute Gasteiger partial charge is 0.271 e. The molecule has 1 N–H and O–H groups in total. The van der Waals surface area contributed by atoms with E-state index in [1.807, 2.05) is 6.07 Å². The van der Waals surface area contributed by atoms with Crippen LogP contribution in [0.15, 0.2) is 6.07 Å². The van der Waals surface area contributed by atoms with Crippen LogP contribution in [0.2, 0.25) is 0 Å². The largest absolute Gasteiger partial charge is 0.346 e. The van der Waals surface area contributed by atoms with Crippen LogP contribution in [0, 0.1) is 5.92 Å². The van der Waals surface area contributed by atoms with Crippen molar-refractivity contribution in [1.29, 1.82) is 0 Å². The van der Waals surface area contributed by atoms with E-state index in [1.165, 1.54) is 29.3 Å². The number of hydrogen-bond donors (Lipinski definition) is 1. The summed E-state index contributed by atoms with van der Waals surface area (Å²) in [6.07, 6.45) is 3.61. The summed E-state index contributed by atoms with van der Waals surface area (Å²) in [5.41, 5.74) is 0.582. The van der Waals surface area contributed by atoms with Gasteiger partial charge in [0.25, 0.3) is 5.91 Å². The van der Waals surface area contributed by atoms with Gasteiger partial charge in [-0.2, -0.15) is 4.37 Å². The zero-order chi connectivity index (χ0) is 13.4. The third-order valence-corrected chi connectivity index (χ3v) is 5.09. The molecule has 1 amide bonds. The maximum atomic E-state index is 12.2. The molecule has 2 fully saturated rings. The Kier molecular flexibility index (Phi) is 3.58. The normalized spacial score (nSPS) is 27.7. The average molecular weight is 279 g/mol. The van der Waals surface area contributed by atoms with Gasteiger partial charge in [0.1, 0.15) is 5.69 Å². The Hall–Kier alpha value is -0.940. The molecule has 1 aromatic heterocycles. The predicted octanol–water partition coefficient (Wildman–Crippen LogP) is 1.92. The minimum Gasteiger partial charge on any atom is -0.346 e. The van der Waals surface area contributed by atoms with Crippen LogP contribution < -0.4 is 5.32 Å². The van der Waals surface area contributed by atoms with Gasteiger partial charge in [-0.1, -0.05) is 13.8 Å². The predicted molar refractivity (Wildman–Crippen MR) is 76.5 cm³/mol. The molecule has 0 bridgehead atoms. The molecule has 0 unspecified atom stereocenters. The van der Waals surface area contributed by atoms with Gasteiger partial charge in [0.05, 0.1) is 0 Å². The molecule has 1 saturated heterocycles. The Morgan fingerprint density at radius 3 is 2.95 bits per heavy atom. The van der Waals surface area contributed by atoms with Crippen LogP contribution in [-0.2, 0) is 6.42 Å². The minimum atomic E-state index is -0.00885. The second kappa shape index (κ2) is 5.21. The van der Waals surface area contributed by atoms with Crippen molar-refractivity contribution < 1.29 is 4.79 Å². The standard InChI is InChI=1S/C14H21N3OS/c1-3-11-6-12(16-19-11)14(18)15-13-8-17(7-9(13)2)10-4-5-10/h6,9-10,13H,3-5,7-8H2,1-2H3,(H,15,18)/t9-,13-/m1/s1. The molecule has 2 aliphatic rings. The maximum Gasteiger partial charge on any atom is 0.271 e. The van der Waals surface area contributed by atoms with Crippen molar-refractivity contribution in [2.75, 3.05) is 13.1 Å². The molecule has 3 rings (SSSR count). The van der Waals surface area contributed by atoms with Gasteiger partial charge in [0.2, 0.25) is 0 Å². The van der Waals surface area contributed by atoms with Gasteiger partial charge in [0.15, 0.2) is 0 Å². The first-order valence-corrected chi connectivity index (χ1v) is 7.95. The average Bonchev–Trinajstić information content (AvgIpc) is 3.02. The molecular formula is C14H21N3OS. The zero-order valence-electron chi connectivity index (χ0n) is 11.6. The number of carbonyl (C=O) groups excluding carboxylic acids is 1. The second-order valence-electron chi connectivity index (χ2n) is 5.77. The Balaban J connectivity index is 1.59. The summed E-state index contributed by atoms with van der Waals surface area (Å²) in [4.78, 5) is 15.9. The third kappa shape index (κ3) is 2.82. The summed E-state index contributed by atoms with van der Waals surface area (Å²) in [7, 11) is 0. The van der Waals surface area contributed by atoms with E-state index in [4.69, 9.17) is 0 Å². The number of aromatic nitrogens is 1. The lowest BCUT2D eigenvalue weighted by Crippen LogP contribution is -2.40. The van der Waals surface area contributed by atoms with Gasteiger partial charge in [-0.05, 0) is 42.8 Å². The molecule has 2 atom stereocenters. The van der Waals surface area contributed by atoms with E-state index in [0.29, 0.717) is 11.6 Å².